The van der Waals surface area contributed by atoms with Crippen LogP contribution in [-0.4, -0.2) is 16.5 Å². The SMILES string of the molecule is Cc1csc(CCCNCc2cc[nH]c2)n1. The molecule has 0 saturated heterocycles. The Morgan fingerprint density at radius 1 is 1.50 bits per heavy atom. The molecule has 0 aromatic carbocycles. The second-order valence-corrected chi connectivity index (χ2v) is 4.82. The van der Waals surface area contributed by atoms with Gasteiger partial charge in [-0.15, -0.1) is 11.3 Å². The summed E-state index contributed by atoms with van der Waals surface area (Å²) in [5, 5.41) is 6.79. The van der Waals surface area contributed by atoms with E-state index in [-0.39, 0.29) is 0 Å². The highest BCUT2D eigenvalue weighted by Crippen LogP contribution is 2.10. The summed E-state index contributed by atoms with van der Waals surface area (Å²) < 4.78 is 0. The van der Waals surface area contributed by atoms with E-state index in [1.807, 2.05) is 19.3 Å². The zero-order valence-electron chi connectivity index (χ0n) is 9.49. The summed E-state index contributed by atoms with van der Waals surface area (Å²) in [7, 11) is 0. The normalized spacial score (nSPS) is 10.8. The predicted molar refractivity (Wildman–Crippen MR) is 67.7 cm³/mol. The van der Waals surface area contributed by atoms with E-state index in [4.69, 9.17) is 0 Å². The molecule has 3 nitrogen and oxygen atoms in total. The van der Waals surface area contributed by atoms with Gasteiger partial charge in [-0.05, 0) is 31.5 Å². The van der Waals surface area contributed by atoms with E-state index < -0.39 is 0 Å². The van der Waals surface area contributed by atoms with E-state index in [0.29, 0.717) is 0 Å². The van der Waals surface area contributed by atoms with Crippen LogP contribution in [0.1, 0.15) is 22.7 Å². The van der Waals surface area contributed by atoms with Gasteiger partial charge < -0.3 is 10.3 Å². The summed E-state index contributed by atoms with van der Waals surface area (Å²) in [6.07, 6.45) is 6.21. The third-order valence-corrected chi connectivity index (χ3v) is 3.43. The number of rotatable bonds is 6. The van der Waals surface area contributed by atoms with Crippen LogP contribution in [0.3, 0.4) is 0 Å². The molecule has 2 N–H and O–H groups in total. The largest absolute Gasteiger partial charge is 0.367 e. The standard InChI is InChI=1S/C12H17N3S/c1-10-9-16-12(15-10)3-2-5-13-7-11-4-6-14-8-11/h4,6,8-9,13-14H,2-3,5,7H2,1H3. The number of thiazole rings is 1. The molecule has 2 aromatic heterocycles. The molecule has 0 amide bonds. The second kappa shape index (κ2) is 5.82. The quantitative estimate of drug-likeness (QED) is 0.755. The topological polar surface area (TPSA) is 40.7 Å². The van der Waals surface area contributed by atoms with Crippen LogP contribution in [0.2, 0.25) is 0 Å². The Morgan fingerprint density at radius 2 is 2.44 bits per heavy atom. The smallest absolute Gasteiger partial charge is 0.0928 e. The van der Waals surface area contributed by atoms with E-state index in [1.165, 1.54) is 10.6 Å². The van der Waals surface area contributed by atoms with Gasteiger partial charge in [0, 0.05) is 36.4 Å². The Labute approximate surface area is 99.9 Å². The van der Waals surface area contributed by atoms with Crippen molar-refractivity contribution in [2.45, 2.75) is 26.3 Å². The molecule has 2 heterocycles. The van der Waals surface area contributed by atoms with Crippen LogP contribution in [0.5, 0.6) is 0 Å². The zero-order valence-corrected chi connectivity index (χ0v) is 10.3. The summed E-state index contributed by atoms with van der Waals surface area (Å²) in [6.45, 7) is 4.04. The maximum atomic E-state index is 4.44. The molecule has 86 valence electrons. The van der Waals surface area contributed by atoms with Gasteiger partial charge in [-0.1, -0.05) is 0 Å². The molecule has 0 aliphatic carbocycles. The Kier molecular flexibility index (Phi) is 4.13. The van der Waals surface area contributed by atoms with Crippen LogP contribution in [0, 0.1) is 6.92 Å². The number of aromatic amines is 1. The maximum absolute atomic E-state index is 4.44. The minimum atomic E-state index is 0.945. The molecule has 0 radical (unpaired) electrons. The van der Waals surface area contributed by atoms with Gasteiger partial charge in [0.1, 0.15) is 0 Å². The van der Waals surface area contributed by atoms with Crippen molar-refractivity contribution in [1.82, 2.24) is 15.3 Å². The first kappa shape index (κ1) is 11.4. The average molecular weight is 235 g/mol. The van der Waals surface area contributed by atoms with Gasteiger partial charge in [-0.2, -0.15) is 0 Å². The van der Waals surface area contributed by atoms with Gasteiger partial charge in [0.25, 0.3) is 0 Å². The fourth-order valence-electron chi connectivity index (χ4n) is 1.58. The summed E-state index contributed by atoms with van der Waals surface area (Å²) in [5.74, 6) is 0. The first-order valence-corrected chi connectivity index (χ1v) is 6.46. The minimum Gasteiger partial charge on any atom is -0.367 e. The number of nitrogens with one attached hydrogen (secondary N) is 2. The highest BCUT2D eigenvalue weighted by atomic mass is 32.1. The van der Waals surface area contributed by atoms with Crippen molar-refractivity contribution in [3.8, 4) is 0 Å². The highest BCUT2D eigenvalue weighted by Gasteiger charge is 1.98. The molecule has 0 bridgehead atoms. The summed E-state index contributed by atoms with van der Waals surface area (Å²) in [4.78, 5) is 7.49. The molecule has 0 aliphatic rings. The summed E-state index contributed by atoms with van der Waals surface area (Å²) >= 11 is 1.76. The van der Waals surface area contributed by atoms with E-state index in [1.54, 1.807) is 11.3 Å². The molecular formula is C12H17N3S. The molecule has 0 atom stereocenters. The van der Waals surface area contributed by atoms with Crippen LogP contribution in [0.4, 0.5) is 0 Å². The Hall–Kier alpha value is -1.13. The number of aryl methyl sites for hydroxylation is 2. The second-order valence-electron chi connectivity index (χ2n) is 3.88. The molecule has 16 heavy (non-hydrogen) atoms. The Balaban J connectivity index is 1.59. The number of H-pyrrole nitrogens is 1. The Morgan fingerprint density at radius 3 is 3.12 bits per heavy atom. The van der Waals surface area contributed by atoms with E-state index >= 15 is 0 Å². The number of hydrogen-bond acceptors (Lipinski definition) is 3. The predicted octanol–water partition coefficient (Wildman–Crippen LogP) is 2.50. The van der Waals surface area contributed by atoms with Gasteiger partial charge >= 0.3 is 0 Å². The molecule has 0 spiro atoms. The number of nitrogens with zero attached hydrogens (tertiary/aromatic N) is 1. The lowest BCUT2D eigenvalue weighted by molar-refractivity contribution is 0.648. The van der Waals surface area contributed by atoms with Crippen LogP contribution in [0.15, 0.2) is 23.8 Å². The van der Waals surface area contributed by atoms with E-state index in [2.05, 4.69) is 26.7 Å². The monoisotopic (exact) mass is 235 g/mol. The van der Waals surface area contributed by atoms with Crippen molar-refractivity contribution in [2.75, 3.05) is 6.54 Å². The van der Waals surface area contributed by atoms with Crippen molar-refractivity contribution in [1.29, 1.82) is 0 Å². The fourth-order valence-corrected chi connectivity index (χ4v) is 2.40. The molecule has 0 unspecified atom stereocenters. The first-order chi connectivity index (χ1) is 7.84. The lowest BCUT2D eigenvalue weighted by Crippen LogP contribution is -2.14. The van der Waals surface area contributed by atoms with Crippen LogP contribution in [-0.2, 0) is 13.0 Å². The van der Waals surface area contributed by atoms with Crippen molar-refractivity contribution >= 4 is 11.3 Å². The van der Waals surface area contributed by atoms with Gasteiger partial charge in [0.2, 0.25) is 0 Å². The van der Waals surface area contributed by atoms with Gasteiger partial charge in [0.15, 0.2) is 0 Å². The van der Waals surface area contributed by atoms with Gasteiger partial charge in [-0.25, -0.2) is 4.98 Å². The minimum absolute atomic E-state index is 0.945. The fraction of sp³-hybridized carbons (Fsp3) is 0.417. The maximum Gasteiger partial charge on any atom is 0.0928 e. The number of aromatic nitrogens is 2. The van der Waals surface area contributed by atoms with Crippen LogP contribution >= 0.6 is 11.3 Å². The molecule has 0 fully saturated rings. The molecule has 0 aliphatic heterocycles. The summed E-state index contributed by atoms with van der Waals surface area (Å²) in [5.41, 5.74) is 2.45. The lowest BCUT2D eigenvalue weighted by Gasteiger charge is -2.01. The molecule has 2 rings (SSSR count). The lowest BCUT2D eigenvalue weighted by atomic mass is 10.3. The third-order valence-electron chi connectivity index (χ3n) is 2.40. The van der Waals surface area contributed by atoms with E-state index in [0.717, 1.165) is 31.6 Å². The van der Waals surface area contributed by atoms with Crippen molar-refractivity contribution in [3.05, 3.63) is 40.1 Å². The molecule has 4 heteroatoms. The van der Waals surface area contributed by atoms with Crippen molar-refractivity contribution in [3.63, 3.8) is 0 Å². The number of hydrogen-bond donors (Lipinski definition) is 2. The highest BCUT2D eigenvalue weighted by molar-refractivity contribution is 7.09. The van der Waals surface area contributed by atoms with Gasteiger partial charge in [-0.3, -0.25) is 0 Å². The Bertz CT molecular complexity index is 406. The van der Waals surface area contributed by atoms with Crippen molar-refractivity contribution in [2.24, 2.45) is 0 Å². The average Bonchev–Trinajstić information content (AvgIpc) is 2.89. The third kappa shape index (κ3) is 3.47. The van der Waals surface area contributed by atoms with Crippen LogP contribution in [0.25, 0.3) is 0 Å². The first-order valence-electron chi connectivity index (χ1n) is 5.58. The van der Waals surface area contributed by atoms with Crippen LogP contribution < -0.4 is 5.32 Å². The molecule has 2 aromatic rings. The van der Waals surface area contributed by atoms with Gasteiger partial charge in [0.05, 0.1) is 5.01 Å². The van der Waals surface area contributed by atoms with E-state index in [9.17, 15) is 0 Å². The zero-order chi connectivity index (χ0) is 11.2. The molecule has 0 saturated carbocycles. The van der Waals surface area contributed by atoms with Crippen molar-refractivity contribution < 1.29 is 0 Å². The molecular weight excluding hydrogens is 218 g/mol. The summed E-state index contributed by atoms with van der Waals surface area (Å²) in [6, 6.07) is 2.09.